The molecule has 26 heavy (non-hydrogen) atoms. The summed E-state index contributed by atoms with van der Waals surface area (Å²) in [5.41, 5.74) is 0.166. The highest BCUT2D eigenvalue weighted by Gasteiger charge is 2.28. The number of esters is 1. The van der Waals surface area contributed by atoms with E-state index in [9.17, 15) is 18.0 Å². The molecular weight excluding hydrogens is 354 g/mol. The van der Waals surface area contributed by atoms with Crippen LogP contribution in [0, 0.1) is 0 Å². The summed E-state index contributed by atoms with van der Waals surface area (Å²) in [6.45, 7) is 1.02. The second-order valence-electron chi connectivity index (χ2n) is 6.95. The number of carbonyl (C=O) groups is 2. The molecule has 1 atom stereocenters. The summed E-state index contributed by atoms with van der Waals surface area (Å²) in [4.78, 5) is 24.3. The molecule has 2 aliphatic rings. The molecule has 1 heterocycles. The molecule has 1 aromatic rings. The third kappa shape index (κ3) is 4.32. The largest absolute Gasteiger partial charge is 0.451 e. The van der Waals surface area contributed by atoms with E-state index in [2.05, 4.69) is 0 Å². The Kier molecular flexibility index (Phi) is 6.09. The Hall–Kier alpha value is -1.73. The molecule has 1 aliphatic carbocycles. The van der Waals surface area contributed by atoms with Crippen LogP contribution in [0.25, 0.3) is 0 Å². The average Bonchev–Trinajstić information content (AvgIpc) is 2.94. The highest BCUT2D eigenvalue weighted by atomic mass is 32.2. The number of sulfonamides is 1. The number of ether oxygens (including phenoxy) is 1. The van der Waals surface area contributed by atoms with Crippen LogP contribution in [0.3, 0.4) is 0 Å². The van der Waals surface area contributed by atoms with Crippen LogP contribution in [0.4, 0.5) is 0 Å². The van der Waals surface area contributed by atoms with Gasteiger partial charge in [-0.15, -0.1) is 0 Å². The lowest BCUT2D eigenvalue weighted by molar-refractivity contribution is -0.129. The molecular formula is C19H25NO5S. The van der Waals surface area contributed by atoms with Gasteiger partial charge in [0.1, 0.15) is 0 Å². The van der Waals surface area contributed by atoms with Crippen molar-refractivity contribution in [2.24, 2.45) is 0 Å². The van der Waals surface area contributed by atoms with Crippen molar-refractivity contribution in [1.29, 1.82) is 0 Å². The Bertz CT molecular complexity index is 766. The number of nitrogens with zero attached hydrogens (tertiary/aromatic N) is 1. The van der Waals surface area contributed by atoms with Gasteiger partial charge in [0.05, 0.1) is 10.5 Å². The first-order chi connectivity index (χ1) is 12.5. The standard InChI is InChI=1S/C19H25NO5S/c21-17-10-3-4-11-18(17)25-19(22)15-8-7-9-16(14-15)26(23,24)20-12-5-1-2-6-13-20/h7-9,14,18H,1-6,10-13H2/t18-/m1/s1. The van der Waals surface area contributed by atoms with Gasteiger partial charge in [-0.25, -0.2) is 13.2 Å². The summed E-state index contributed by atoms with van der Waals surface area (Å²) in [5, 5.41) is 0. The molecule has 0 spiro atoms. The van der Waals surface area contributed by atoms with Crippen molar-refractivity contribution in [1.82, 2.24) is 4.31 Å². The third-order valence-corrected chi connectivity index (χ3v) is 6.92. The first kappa shape index (κ1) is 19.0. The van der Waals surface area contributed by atoms with Crippen LogP contribution in [-0.4, -0.2) is 43.7 Å². The molecule has 142 valence electrons. The quantitative estimate of drug-likeness (QED) is 0.752. The molecule has 0 unspecified atom stereocenters. The van der Waals surface area contributed by atoms with Gasteiger partial charge in [0.25, 0.3) is 0 Å². The number of ketones is 1. The summed E-state index contributed by atoms with van der Waals surface area (Å²) < 4.78 is 32.6. The summed E-state index contributed by atoms with van der Waals surface area (Å²) in [7, 11) is -3.63. The lowest BCUT2D eigenvalue weighted by Gasteiger charge is -2.21. The van der Waals surface area contributed by atoms with Gasteiger partial charge in [0.2, 0.25) is 10.0 Å². The summed E-state index contributed by atoms with van der Waals surface area (Å²) in [6, 6.07) is 5.93. The van der Waals surface area contributed by atoms with Crippen LogP contribution in [0.1, 0.15) is 61.7 Å². The topological polar surface area (TPSA) is 80.8 Å². The normalized spacial score (nSPS) is 22.6. The zero-order valence-electron chi connectivity index (χ0n) is 14.9. The Morgan fingerprint density at radius 1 is 1.04 bits per heavy atom. The molecule has 0 bridgehead atoms. The maximum atomic E-state index is 12.9. The van der Waals surface area contributed by atoms with Crippen molar-refractivity contribution < 1.29 is 22.7 Å². The van der Waals surface area contributed by atoms with Crippen LogP contribution >= 0.6 is 0 Å². The van der Waals surface area contributed by atoms with Crippen molar-refractivity contribution in [2.45, 2.75) is 62.4 Å². The molecule has 1 aliphatic heterocycles. The van der Waals surface area contributed by atoms with Crippen molar-refractivity contribution in [2.75, 3.05) is 13.1 Å². The van der Waals surface area contributed by atoms with Crippen molar-refractivity contribution in [3.05, 3.63) is 29.8 Å². The number of Topliss-reactive ketones (excluding diaryl/α,β-unsaturated/α-hetero) is 1. The van der Waals surface area contributed by atoms with E-state index in [4.69, 9.17) is 4.74 Å². The molecule has 1 saturated heterocycles. The van der Waals surface area contributed by atoms with Gasteiger partial charge in [0.15, 0.2) is 11.9 Å². The SMILES string of the molecule is O=C(O[C@@H]1CCCCC1=O)c1cccc(S(=O)(=O)N2CCCCCC2)c1. The molecule has 6 nitrogen and oxygen atoms in total. The summed E-state index contributed by atoms with van der Waals surface area (Å²) >= 11 is 0. The van der Waals surface area contributed by atoms with Gasteiger partial charge in [-0.1, -0.05) is 18.9 Å². The summed E-state index contributed by atoms with van der Waals surface area (Å²) in [5.74, 6) is -0.698. The first-order valence-corrected chi connectivity index (χ1v) is 10.8. The Morgan fingerprint density at radius 3 is 2.46 bits per heavy atom. The van der Waals surface area contributed by atoms with E-state index in [0.717, 1.165) is 38.5 Å². The molecule has 0 radical (unpaired) electrons. The van der Waals surface area contributed by atoms with Gasteiger partial charge in [-0.3, -0.25) is 4.79 Å². The lowest BCUT2D eigenvalue weighted by Crippen LogP contribution is -2.32. The molecule has 3 rings (SSSR count). The Morgan fingerprint density at radius 2 is 1.77 bits per heavy atom. The van der Waals surface area contributed by atoms with Crippen LogP contribution in [0.2, 0.25) is 0 Å². The number of rotatable bonds is 4. The fraction of sp³-hybridized carbons (Fsp3) is 0.579. The number of benzene rings is 1. The van der Waals surface area contributed by atoms with Crippen LogP contribution in [-0.2, 0) is 19.6 Å². The summed E-state index contributed by atoms with van der Waals surface area (Å²) in [6.07, 6.45) is 5.72. The molecule has 7 heteroatoms. The van der Waals surface area contributed by atoms with E-state index in [1.807, 2.05) is 0 Å². The first-order valence-electron chi connectivity index (χ1n) is 9.32. The minimum atomic E-state index is -3.63. The van der Waals surface area contributed by atoms with E-state index in [-0.39, 0.29) is 16.2 Å². The van der Waals surface area contributed by atoms with Crippen molar-refractivity contribution >= 4 is 21.8 Å². The second kappa shape index (κ2) is 8.31. The fourth-order valence-electron chi connectivity index (χ4n) is 3.49. The van der Waals surface area contributed by atoms with Gasteiger partial charge < -0.3 is 4.74 Å². The van der Waals surface area contributed by atoms with E-state index in [1.54, 1.807) is 6.07 Å². The van der Waals surface area contributed by atoms with E-state index in [1.165, 1.54) is 22.5 Å². The molecule has 2 fully saturated rings. The fourth-order valence-corrected chi connectivity index (χ4v) is 5.05. The number of carbonyl (C=O) groups excluding carboxylic acids is 2. The minimum absolute atomic E-state index is 0.0575. The highest BCUT2D eigenvalue weighted by molar-refractivity contribution is 7.89. The lowest BCUT2D eigenvalue weighted by atomic mass is 9.96. The number of hydrogen-bond acceptors (Lipinski definition) is 5. The average molecular weight is 379 g/mol. The zero-order valence-corrected chi connectivity index (χ0v) is 15.7. The predicted molar refractivity (Wildman–Crippen MR) is 96.3 cm³/mol. The minimum Gasteiger partial charge on any atom is -0.451 e. The number of hydrogen-bond donors (Lipinski definition) is 0. The maximum absolute atomic E-state index is 12.9. The predicted octanol–water partition coefficient (Wildman–Crippen LogP) is 2.92. The molecule has 0 amide bonds. The van der Waals surface area contributed by atoms with Crippen molar-refractivity contribution in [3.8, 4) is 0 Å². The van der Waals surface area contributed by atoms with Gasteiger partial charge >= 0.3 is 5.97 Å². The van der Waals surface area contributed by atoms with E-state index in [0.29, 0.717) is 25.9 Å². The Balaban J connectivity index is 1.76. The van der Waals surface area contributed by atoms with Crippen molar-refractivity contribution in [3.63, 3.8) is 0 Å². The second-order valence-corrected chi connectivity index (χ2v) is 8.89. The monoisotopic (exact) mass is 379 g/mol. The smallest absolute Gasteiger partial charge is 0.338 e. The van der Waals surface area contributed by atoms with Crippen LogP contribution in [0.15, 0.2) is 29.2 Å². The van der Waals surface area contributed by atoms with E-state index < -0.39 is 22.1 Å². The molecule has 0 aromatic heterocycles. The third-order valence-electron chi connectivity index (χ3n) is 5.02. The maximum Gasteiger partial charge on any atom is 0.338 e. The van der Waals surface area contributed by atoms with E-state index >= 15 is 0 Å². The Labute approximate surface area is 154 Å². The molecule has 1 saturated carbocycles. The highest BCUT2D eigenvalue weighted by Crippen LogP contribution is 2.23. The molecule has 0 N–H and O–H groups in total. The van der Waals surface area contributed by atoms with Gasteiger partial charge in [0, 0.05) is 19.5 Å². The van der Waals surface area contributed by atoms with Gasteiger partial charge in [-0.2, -0.15) is 4.31 Å². The van der Waals surface area contributed by atoms with Crippen LogP contribution < -0.4 is 0 Å². The van der Waals surface area contributed by atoms with Gasteiger partial charge in [-0.05, 0) is 50.3 Å². The molecule has 1 aromatic carbocycles. The zero-order chi connectivity index (χ0) is 18.6. The van der Waals surface area contributed by atoms with Crippen LogP contribution in [0.5, 0.6) is 0 Å².